The number of imide groups is 1. The minimum absolute atomic E-state index is 0.0212. The molecule has 2 aliphatic heterocycles. The normalized spacial score (nSPS) is 18.5. The van der Waals surface area contributed by atoms with Crippen molar-refractivity contribution in [3.8, 4) is 0 Å². The van der Waals surface area contributed by atoms with E-state index in [1.807, 2.05) is 84.2 Å². The molecule has 16 nitrogen and oxygen atoms in total. The van der Waals surface area contributed by atoms with Gasteiger partial charge in [-0.1, -0.05) is 91.6 Å². The number of amides is 7. The predicted octanol–water partition coefficient (Wildman–Crippen LogP) is 5.57. The first-order valence-corrected chi connectivity index (χ1v) is 25.2. The number of benzene rings is 1. The summed E-state index contributed by atoms with van der Waals surface area (Å²) in [7, 11) is 6.40. The molecule has 1 aromatic heterocycles. The lowest BCUT2D eigenvalue weighted by molar-refractivity contribution is -0.148. The van der Waals surface area contributed by atoms with Gasteiger partial charge >= 0.3 is 0 Å². The molecule has 0 radical (unpaired) electrons. The van der Waals surface area contributed by atoms with Crippen molar-refractivity contribution in [2.75, 3.05) is 41.4 Å². The van der Waals surface area contributed by atoms with Gasteiger partial charge < -0.3 is 34.8 Å². The minimum Gasteiger partial charge on any atom is -0.379 e. The molecule has 4 unspecified atom stereocenters. The summed E-state index contributed by atoms with van der Waals surface area (Å²) in [5.74, 6) is -3.32. The van der Waals surface area contributed by atoms with Crippen LogP contribution in [0.3, 0.4) is 0 Å². The maximum atomic E-state index is 14.6. The Labute approximate surface area is 407 Å². The first-order valence-electron chi connectivity index (χ1n) is 24.3. The van der Waals surface area contributed by atoms with Crippen molar-refractivity contribution in [1.82, 2.24) is 35.2 Å². The van der Waals surface area contributed by atoms with E-state index in [2.05, 4.69) is 15.6 Å². The monoisotopic (exact) mass is 964 g/mol. The molecule has 7 amide bonds. The Morgan fingerprint density at radius 1 is 0.868 bits per heavy atom. The number of nitrogens with zero attached hydrogens (tertiary/aromatic N) is 5. The number of carbonyl (C=O) groups is 7. The van der Waals surface area contributed by atoms with Crippen LogP contribution in [0.25, 0.3) is 0 Å². The Balaban J connectivity index is 1.42. The molecule has 1 saturated heterocycles. The number of carbonyl (C=O) groups excluding carboxylic acids is 7. The molecule has 0 bridgehead atoms. The van der Waals surface area contributed by atoms with E-state index in [0.717, 1.165) is 17.0 Å². The Kier molecular flexibility index (Phi) is 21.8. The number of likely N-dealkylation sites (N-methyl/N-ethyl adjacent to an activating group) is 2. The molecule has 9 atom stereocenters. The summed E-state index contributed by atoms with van der Waals surface area (Å²) in [4.78, 5) is 105. The number of ether oxygens (including phenoxy) is 2. The lowest BCUT2D eigenvalue weighted by Crippen LogP contribution is -2.60. The first kappa shape index (κ1) is 55.6. The molecule has 68 heavy (non-hydrogen) atoms. The van der Waals surface area contributed by atoms with Crippen LogP contribution >= 0.6 is 11.3 Å². The zero-order valence-electron chi connectivity index (χ0n) is 42.1. The van der Waals surface area contributed by atoms with Gasteiger partial charge in [0.1, 0.15) is 17.1 Å². The second-order valence-corrected chi connectivity index (χ2v) is 20.0. The molecule has 0 saturated carbocycles. The Bertz CT molecular complexity index is 2000. The number of hydrogen-bond donors (Lipinski definition) is 2. The van der Waals surface area contributed by atoms with Crippen LogP contribution < -0.4 is 10.6 Å². The third-order valence-electron chi connectivity index (χ3n) is 13.7. The highest BCUT2D eigenvalue weighted by Crippen LogP contribution is 2.31. The van der Waals surface area contributed by atoms with Gasteiger partial charge in [0.2, 0.25) is 29.5 Å². The van der Waals surface area contributed by atoms with E-state index in [0.29, 0.717) is 45.1 Å². The fourth-order valence-electron chi connectivity index (χ4n) is 9.67. The van der Waals surface area contributed by atoms with Crippen LogP contribution in [-0.2, 0) is 49.5 Å². The highest BCUT2D eigenvalue weighted by molar-refractivity contribution is 7.09. The summed E-state index contributed by atoms with van der Waals surface area (Å²) < 4.78 is 12.1. The van der Waals surface area contributed by atoms with Crippen molar-refractivity contribution in [3.63, 3.8) is 0 Å². The summed E-state index contributed by atoms with van der Waals surface area (Å²) in [5.41, 5.74) is 1.07. The SMILES string of the molecule is CC[C@H](C)[C@@H]([C@@H](CC(=O)N1CCCC1C(OC)C(C)C(=O)N[C@@H](Cc1ccccc1)c1nccs1)OC)N(C)C(=O)[C@@H](NC(=O)C(C(C)C)N(C)C(=O)CCCCCN1C(=O)C=CC1=O)C(C)C. The van der Waals surface area contributed by atoms with Gasteiger partial charge in [-0.25, -0.2) is 4.98 Å². The first-order chi connectivity index (χ1) is 32.4. The van der Waals surface area contributed by atoms with Crippen molar-refractivity contribution in [2.45, 2.75) is 149 Å². The number of unbranched alkanes of at least 4 members (excludes halogenated alkanes) is 2. The van der Waals surface area contributed by atoms with E-state index in [4.69, 9.17) is 9.47 Å². The zero-order chi connectivity index (χ0) is 50.2. The fraction of sp³-hybridized carbons (Fsp3) is 0.647. The minimum atomic E-state index is -0.941. The van der Waals surface area contributed by atoms with E-state index in [9.17, 15) is 33.6 Å². The van der Waals surface area contributed by atoms with Gasteiger partial charge in [-0.05, 0) is 55.4 Å². The number of likely N-dealkylation sites (tertiary alicyclic amines) is 1. The zero-order valence-corrected chi connectivity index (χ0v) is 43.0. The molecule has 17 heteroatoms. The van der Waals surface area contributed by atoms with Crippen molar-refractivity contribution < 1.29 is 43.0 Å². The molecule has 4 rings (SSSR count). The van der Waals surface area contributed by atoms with E-state index >= 15 is 0 Å². The maximum absolute atomic E-state index is 14.6. The van der Waals surface area contributed by atoms with Gasteiger partial charge in [-0.15, -0.1) is 11.3 Å². The molecule has 2 N–H and O–H groups in total. The van der Waals surface area contributed by atoms with E-state index in [-0.39, 0.29) is 84.7 Å². The topological polar surface area (TPSA) is 188 Å². The van der Waals surface area contributed by atoms with E-state index < -0.39 is 42.2 Å². The Morgan fingerprint density at radius 2 is 1.54 bits per heavy atom. The lowest BCUT2D eigenvalue weighted by Gasteiger charge is -2.41. The number of thiazole rings is 1. The largest absolute Gasteiger partial charge is 0.379 e. The molecule has 2 aromatic rings. The summed E-state index contributed by atoms with van der Waals surface area (Å²) in [6.07, 6.45) is 7.44. The van der Waals surface area contributed by atoms with Gasteiger partial charge in [0.25, 0.3) is 11.8 Å². The number of methoxy groups -OCH3 is 2. The maximum Gasteiger partial charge on any atom is 0.253 e. The lowest BCUT2D eigenvalue weighted by atomic mass is 9.89. The van der Waals surface area contributed by atoms with Crippen LogP contribution in [0.5, 0.6) is 0 Å². The number of hydrogen-bond acceptors (Lipinski definition) is 11. The molecule has 0 aliphatic carbocycles. The van der Waals surface area contributed by atoms with Gasteiger partial charge in [0, 0.05) is 71.6 Å². The van der Waals surface area contributed by atoms with Crippen molar-refractivity contribution >= 4 is 52.7 Å². The van der Waals surface area contributed by atoms with Crippen LogP contribution in [0.4, 0.5) is 0 Å². The average molecular weight is 964 g/mol. The smallest absolute Gasteiger partial charge is 0.253 e. The van der Waals surface area contributed by atoms with Gasteiger partial charge in [0.05, 0.1) is 42.7 Å². The second kappa shape index (κ2) is 26.7. The number of nitrogens with one attached hydrogen (secondary N) is 2. The van der Waals surface area contributed by atoms with Crippen LogP contribution in [0.2, 0.25) is 0 Å². The summed E-state index contributed by atoms with van der Waals surface area (Å²) >= 11 is 1.49. The van der Waals surface area contributed by atoms with Crippen LogP contribution in [0.1, 0.15) is 116 Å². The number of rotatable bonds is 27. The van der Waals surface area contributed by atoms with Gasteiger partial charge in [-0.3, -0.25) is 38.5 Å². The summed E-state index contributed by atoms with van der Waals surface area (Å²) in [6.45, 7) is 14.1. The quantitative estimate of drug-likeness (QED) is 0.0847. The van der Waals surface area contributed by atoms with Crippen molar-refractivity contribution in [2.24, 2.45) is 23.7 Å². The molecule has 3 heterocycles. The molecule has 1 fully saturated rings. The summed E-state index contributed by atoms with van der Waals surface area (Å²) in [6, 6.07) is 6.91. The highest BCUT2D eigenvalue weighted by atomic mass is 32.1. The summed E-state index contributed by atoms with van der Waals surface area (Å²) in [5, 5.41) is 8.92. The molecule has 0 spiro atoms. The van der Waals surface area contributed by atoms with E-state index in [1.165, 1.54) is 33.3 Å². The number of aromatic nitrogens is 1. The molecule has 376 valence electrons. The predicted molar refractivity (Wildman–Crippen MR) is 262 cm³/mol. The standard InChI is InChI=1S/C51H77N7O9S/c1-12-34(6)46(56(9)51(65)44(32(2)3)54-49(64)45(33(4)5)55(8)40(59)23-17-14-18-27-58-41(60)24-25-42(58)61)39(66-10)31-43(62)57-28-19-22-38(57)47(67-11)35(7)48(63)53-37(50-52-26-29-68-50)30-36-20-15-13-16-21-36/h13,15-16,20-21,24-26,29,32-35,37-39,44-47H,12,14,17-19,22-23,27-28,30-31H2,1-11H3,(H,53,63)(H,54,64)/t34-,35?,37-,38?,39+,44-,45?,46-,47?/m0/s1. The molecule has 2 aliphatic rings. The Hall–Kier alpha value is -5.00. The van der Waals surface area contributed by atoms with Crippen LogP contribution in [0.15, 0.2) is 54.1 Å². The fourth-order valence-corrected chi connectivity index (χ4v) is 10.4. The van der Waals surface area contributed by atoms with Crippen molar-refractivity contribution in [3.05, 3.63) is 64.6 Å². The average Bonchev–Trinajstić information content (AvgIpc) is 4.10. The van der Waals surface area contributed by atoms with Gasteiger partial charge in [0.15, 0.2) is 0 Å². The Morgan fingerprint density at radius 3 is 2.12 bits per heavy atom. The highest BCUT2D eigenvalue weighted by Gasteiger charge is 2.44. The van der Waals surface area contributed by atoms with Gasteiger partial charge in [-0.2, -0.15) is 0 Å². The third kappa shape index (κ3) is 14.5. The molecular weight excluding hydrogens is 887 g/mol. The van der Waals surface area contributed by atoms with Crippen LogP contribution in [0, 0.1) is 23.7 Å². The van der Waals surface area contributed by atoms with Crippen molar-refractivity contribution in [1.29, 1.82) is 0 Å². The van der Waals surface area contributed by atoms with E-state index in [1.54, 1.807) is 44.3 Å². The molecular formula is C51H77N7O9S. The van der Waals surface area contributed by atoms with Crippen LogP contribution in [-0.4, -0.2) is 144 Å². The second-order valence-electron chi connectivity index (χ2n) is 19.1. The third-order valence-corrected chi connectivity index (χ3v) is 14.6. The molecule has 1 aromatic carbocycles.